The number of carbonyl (C=O) groups excluding carboxylic acids is 1. The molecule has 0 spiro atoms. The summed E-state index contributed by atoms with van der Waals surface area (Å²) in [6, 6.07) is 8.04. The van der Waals surface area contributed by atoms with Crippen molar-refractivity contribution in [2.45, 2.75) is 20.4 Å². The second kappa shape index (κ2) is 6.63. The number of quaternary nitrogens is 1. The molecule has 0 amide bonds. The normalized spacial score (nSPS) is 10.9. The Kier molecular flexibility index (Phi) is 4.87. The van der Waals surface area contributed by atoms with Crippen LogP contribution in [0.4, 0.5) is 0 Å². The number of aromatic nitrogens is 1. The van der Waals surface area contributed by atoms with Gasteiger partial charge in [-0.2, -0.15) is 0 Å². The quantitative estimate of drug-likeness (QED) is 0.847. The van der Waals surface area contributed by atoms with Crippen LogP contribution in [0.3, 0.4) is 0 Å². The van der Waals surface area contributed by atoms with Crippen LogP contribution < -0.4 is 10.0 Å². The summed E-state index contributed by atoms with van der Waals surface area (Å²) in [5, 5.41) is 13.1. The van der Waals surface area contributed by atoms with Crippen LogP contribution in [0.1, 0.15) is 29.9 Å². The van der Waals surface area contributed by atoms with Crippen molar-refractivity contribution in [1.82, 2.24) is 4.98 Å². The average Bonchev–Trinajstić information content (AvgIpc) is 2.95. The van der Waals surface area contributed by atoms with Crippen LogP contribution in [0.15, 0.2) is 29.6 Å². The number of thiazole rings is 1. The molecule has 2 aromatic rings. The van der Waals surface area contributed by atoms with Crippen LogP contribution in [0.2, 0.25) is 0 Å². The van der Waals surface area contributed by atoms with Crippen LogP contribution in [-0.2, 0) is 6.54 Å². The van der Waals surface area contributed by atoms with Crippen LogP contribution >= 0.6 is 11.3 Å². The van der Waals surface area contributed by atoms with Gasteiger partial charge < -0.3 is 14.8 Å². The molecule has 0 fully saturated rings. The lowest BCUT2D eigenvalue weighted by Crippen LogP contribution is -3.10. The molecule has 0 unspecified atom stereocenters. The van der Waals surface area contributed by atoms with E-state index in [2.05, 4.69) is 24.9 Å². The molecule has 0 bridgehead atoms. The lowest BCUT2D eigenvalue weighted by Gasteiger charge is -2.17. The van der Waals surface area contributed by atoms with Crippen molar-refractivity contribution in [3.05, 3.63) is 40.9 Å². The van der Waals surface area contributed by atoms with E-state index in [1.54, 1.807) is 0 Å². The molecule has 2 rings (SSSR count). The van der Waals surface area contributed by atoms with Gasteiger partial charge in [-0.05, 0) is 13.8 Å². The van der Waals surface area contributed by atoms with Crippen LogP contribution in [0.25, 0.3) is 10.6 Å². The van der Waals surface area contributed by atoms with Crippen molar-refractivity contribution in [3.8, 4) is 10.6 Å². The second-order valence-corrected chi connectivity index (χ2v) is 5.47. The highest BCUT2D eigenvalue weighted by Gasteiger charge is 2.13. The molecule has 0 saturated heterocycles. The zero-order valence-corrected chi connectivity index (χ0v) is 12.5. The van der Waals surface area contributed by atoms with Gasteiger partial charge in [0.05, 0.1) is 24.8 Å². The fourth-order valence-electron chi connectivity index (χ4n) is 2.14. The van der Waals surface area contributed by atoms with E-state index < -0.39 is 5.97 Å². The third-order valence-electron chi connectivity index (χ3n) is 3.40. The SMILES string of the molecule is CC[NH+](CC)Cc1ccccc1-c1nc(C(=O)[O-])cs1. The summed E-state index contributed by atoms with van der Waals surface area (Å²) in [5.74, 6) is -1.22. The first-order valence-corrected chi connectivity index (χ1v) is 7.62. The topological polar surface area (TPSA) is 57.5 Å². The van der Waals surface area contributed by atoms with E-state index in [9.17, 15) is 9.90 Å². The molecular formula is C15H18N2O2S. The number of hydrogen-bond donors (Lipinski definition) is 1. The number of hydrogen-bond acceptors (Lipinski definition) is 4. The second-order valence-electron chi connectivity index (χ2n) is 4.62. The number of aromatic carboxylic acids is 1. The van der Waals surface area contributed by atoms with Crippen molar-refractivity contribution < 1.29 is 14.8 Å². The highest BCUT2D eigenvalue weighted by Crippen LogP contribution is 2.26. The highest BCUT2D eigenvalue weighted by molar-refractivity contribution is 7.13. The molecule has 0 atom stereocenters. The van der Waals surface area contributed by atoms with Crippen molar-refractivity contribution >= 4 is 17.3 Å². The molecule has 1 N–H and O–H groups in total. The lowest BCUT2D eigenvalue weighted by molar-refractivity contribution is -0.910. The summed E-state index contributed by atoms with van der Waals surface area (Å²) in [4.78, 5) is 16.5. The molecule has 1 aromatic carbocycles. The number of nitrogens with one attached hydrogen (secondary N) is 1. The lowest BCUT2D eigenvalue weighted by atomic mass is 10.1. The molecule has 0 aliphatic heterocycles. The molecule has 106 valence electrons. The standard InChI is InChI=1S/C15H18N2O2S/c1-3-17(4-2)9-11-7-5-6-8-12(11)14-16-13(10-20-14)15(18)19/h5-8,10H,3-4,9H2,1-2H3,(H,18,19). The summed E-state index contributed by atoms with van der Waals surface area (Å²) >= 11 is 1.35. The Hall–Kier alpha value is -1.72. The Morgan fingerprint density at radius 1 is 1.30 bits per heavy atom. The van der Waals surface area contributed by atoms with Gasteiger partial charge in [-0.1, -0.05) is 24.3 Å². The number of rotatable bonds is 6. The predicted molar refractivity (Wildman–Crippen MR) is 77.6 cm³/mol. The van der Waals surface area contributed by atoms with E-state index in [4.69, 9.17) is 0 Å². The highest BCUT2D eigenvalue weighted by atomic mass is 32.1. The van der Waals surface area contributed by atoms with Gasteiger partial charge in [-0.3, -0.25) is 0 Å². The van der Waals surface area contributed by atoms with Gasteiger partial charge in [0.1, 0.15) is 11.6 Å². The minimum Gasteiger partial charge on any atom is -0.543 e. The maximum absolute atomic E-state index is 10.8. The van der Waals surface area contributed by atoms with E-state index in [1.807, 2.05) is 18.2 Å². The molecule has 0 aliphatic carbocycles. The molecule has 20 heavy (non-hydrogen) atoms. The first kappa shape index (κ1) is 14.7. The summed E-state index contributed by atoms with van der Waals surface area (Å²) in [7, 11) is 0. The molecule has 5 heteroatoms. The predicted octanol–water partition coefficient (Wildman–Crippen LogP) is 0.598. The van der Waals surface area contributed by atoms with Gasteiger partial charge in [0, 0.05) is 16.5 Å². The van der Waals surface area contributed by atoms with Crippen molar-refractivity contribution in [2.75, 3.05) is 13.1 Å². The third-order valence-corrected chi connectivity index (χ3v) is 4.28. The van der Waals surface area contributed by atoms with E-state index in [0.717, 1.165) is 30.2 Å². The summed E-state index contributed by atoms with van der Waals surface area (Å²) in [6.07, 6.45) is 0. The van der Waals surface area contributed by atoms with E-state index in [1.165, 1.54) is 27.2 Å². The summed E-state index contributed by atoms with van der Waals surface area (Å²) in [6.45, 7) is 7.38. The van der Waals surface area contributed by atoms with Gasteiger partial charge >= 0.3 is 0 Å². The van der Waals surface area contributed by atoms with E-state index in [-0.39, 0.29) is 5.69 Å². The van der Waals surface area contributed by atoms with Crippen LogP contribution in [-0.4, -0.2) is 24.0 Å². The Labute approximate surface area is 122 Å². The average molecular weight is 290 g/mol. The smallest absolute Gasteiger partial charge is 0.124 e. The number of nitrogens with zero attached hydrogens (tertiary/aromatic N) is 1. The number of carboxylic acid groups (broad SMARTS) is 1. The van der Waals surface area contributed by atoms with Gasteiger partial charge in [0.25, 0.3) is 0 Å². The zero-order chi connectivity index (χ0) is 14.5. The fraction of sp³-hybridized carbons (Fsp3) is 0.333. The van der Waals surface area contributed by atoms with Gasteiger partial charge in [0.15, 0.2) is 0 Å². The molecule has 0 radical (unpaired) electrons. The minimum absolute atomic E-state index is 0.00925. The maximum Gasteiger partial charge on any atom is 0.124 e. The van der Waals surface area contributed by atoms with Gasteiger partial charge in [-0.25, -0.2) is 4.98 Å². The van der Waals surface area contributed by atoms with Gasteiger partial charge in [0.2, 0.25) is 0 Å². The maximum atomic E-state index is 10.8. The molecule has 0 saturated carbocycles. The summed E-state index contributed by atoms with van der Waals surface area (Å²) < 4.78 is 0. The van der Waals surface area contributed by atoms with Crippen molar-refractivity contribution in [3.63, 3.8) is 0 Å². The minimum atomic E-state index is -1.22. The molecule has 1 aromatic heterocycles. The Balaban J connectivity index is 2.33. The molecule has 1 heterocycles. The van der Waals surface area contributed by atoms with E-state index in [0.29, 0.717) is 0 Å². The monoisotopic (exact) mass is 290 g/mol. The Morgan fingerprint density at radius 2 is 2.00 bits per heavy atom. The molecular weight excluding hydrogens is 272 g/mol. The largest absolute Gasteiger partial charge is 0.543 e. The van der Waals surface area contributed by atoms with Crippen LogP contribution in [0, 0.1) is 0 Å². The van der Waals surface area contributed by atoms with Gasteiger partial charge in [-0.15, -0.1) is 11.3 Å². The number of carbonyl (C=O) groups is 1. The Morgan fingerprint density at radius 3 is 2.60 bits per heavy atom. The van der Waals surface area contributed by atoms with E-state index >= 15 is 0 Å². The molecule has 0 aliphatic rings. The number of carboxylic acids is 1. The first-order chi connectivity index (χ1) is 9.65. The Bertz CT molecular complexity index is 591. The molecule has 4 nitrogen and oxygen atoms in total. The zero-order valence-electron chi connectivity index (χ0n) is 11.7. The van der Waals surface area contributed by atoms with Crippen LogP contribution in [0.5, 0.6) is 0 Å². The first-order valence-electron chi connectivity index (χ1n) is 6.74. The van der Waals surface area contributed by atoms with Crippen molar-refractivity contribution in [2.24, 2.45) is 0 Å². The fourth-order valence-corrected chi connectivity index (χ4v) is 2.99. The summed E-state index contributed by atoms with van der Waals surface area (Å²) in [5.41, 5.74) is 2.23. The number of benzene rings is 1. The van der Waals surface area contributed by atoms with Crippen molar-refractivity contribution in [1.29, 1.82) is 0 Å². The third kappa shape index (κ3) is 3.23.